The van der Waals surface area contributed by atoms with Crippen molar-refractivity contribution in [3.63, 3.8) is 0 Å². The van der Waals surface area contributed by atoms with Gasteiger partial charge in [0.2, 0.25) is 0 Å². The van der Waals surface area contributed by atoms with Crippen LogP contribution < -0.4 is 11.5 Å². The van der Waals surface area contributed by atoms with Crippen LogP contribution in [-0.4, -0.2) is 81.5 Å². The number of carbonyl (C=O) groups is 3. The van der Waals surface area contributed by atoms with Gasteiger partial charge in [-0.3, -0.25) is 14.4 Å². The van der Waals surface area contributed by atoms with Crippen molar-refractivity contribution in [2.75, 3.05) is 33.0 Å². The number of rotatable bonds is 11. The first-order valence-corrected chi connectivity index (χ1v) is 9.04. The Morgan fingerprint density at radius 1 is 0.893 bits per heavy atom. The van der Waals surface area contributed by atoms with E-state index in [0.29, 0.717) is 13.2 Å². The maximum absolute atomic E-state index is 11.5. The molecule has 4 N–H and O–H groups in total. The molecule has 5 atom stereocenters. The molecule has 0 saturated carbocycles. The van der Waals surface area contributed by atoms with E-state index in [4.69, 9.17) is 39.9 Å². The molecule has 1 aliphatic heterocycles. The van der Waals surface area contributed by atoms with Crippen molar-refractivity contribution in [3.8, 4) is 0 Å². The first-order valence-electron chi connectivity index (χ1n) is 9.04. The SMILES string of the molecule is CC(=O)OCC[C@H]1OC(OCCOCCN)[C@H](N)[C@@H](OC(C)=O)[C@H]1OC(C)=O. The van der Waals surface area contributed by atoms with E-state index in [2.05, 4.69) is 0 Å². The van der Waals surface area contributed by atoms with Crippen LogP contribution in [0, 0.1) is 0 Å². The molecule has 0 aliphatic carbocycles. The molecule has 0 spiro atoms. The summed E-state index contributed by atoms with van der Waals surface area (Å²) < 4.78 is 32.2. The molecular weight excluding hydrogens is 376 g/mol. The molecule has 1 heterocycles. The number of carbonyl (C=O) groups excluding carboxylic acids is 3. The van der Waals surface area contributed by atoms with Crippen LogP contribution in [0.5, 0.6) is 0 Å². The number of nitrogens with two attached hydrogens (primary N) is 2. The highest BCUT2D eigenvalue weighted by Gasteiger charge is 2.48. The van der Waals surface area contributed by atoms with E-state index < -0.39 is 48.6 Å². The fourth-order valence-corrected chi connectivity index (χ4v) is 2.71. The zero-order valence-electron chi connectivity index (χ0n) is 16.5. The average molecular weight is 406 g/mol. The summed E-state index contributed by atoms with van der Waals surface area (Å²) in [7, 11) is 0. The van der Waals surface area contributed by atoms with Crippen molar-refractivity contribution in [1.82, 2.24) is 0 Å². The minimum absolute atomic E-state index is 0.0200. The molecule has 28 heavy (non-hydrogen) atoms. The van der Waals surface area contributed by atoms with Crippen LogP contribution in [0.15, 0.2) is 0 Å². The quantitative estimate of drug-likeness (QED) is 0.242. The van der Waals surface area contributed by atoms with Gasteiger partial charge in [0.05, 0.1) is 32.5 Å². The Balaban J connectivity index is 2.87. The summed E-state index contributed by atoms with van der Waals surface area (Å²) in [5.41, 5.74) is 11.5. The first kappa shape index (κ1) is 24.2. The molecule has 162 valence electrons. The summed E-state index contributed by atoms with van der Waals surface area (Å²) >= 11 is 0. The number of hydrogen-bond donors (Lipinski definition) is 2. The second-order valence-corrected chi connectivity index (χ2v) is 6.17. The van der Waals surface area contributed by atoms with Gasteiger partial charge >= 0.3 is 17.9 Å². The molecule has 0 radical (unpaired) electrons. The average Bonchev–Trinajstić information content (AvgIpc) is 2.60. The molecule has 11 heteroatoms. The van der Waals surface area contributed by atoms with Gasteiger partial charge in [-0.2, -0.15) is 0 Å². The summed E-state index contributed by atoms with van der Waals surface area (Å²) in [5, 5.41) is 0. The highest BCUT2D eigenvalue weighted by atomic mass is 16.7. The third-order valence-corrected chi connectivity index (χ3v) is 3.78. The van der Waals surface area contributed by atoms with Crippen molar-refractivity contribution in [2.45, 2.75) is 57.8 Å². The minimum Gasteiger partial charge on any atom is -0.466 e. The molecule has 11 nitrogen and oxygen atoms in total. The van der Waals surface area contributed by atoms with Gasteiger partial charge in [0.15, 0.2) is 18.5 Å². The van der Waals surface area contributed by atoms with Gasteiger partial charge in [-0.15, -0.1) is 0 Å². The van der Waals surface area contributed by atoms with Crippen LogP contribution in [0.25, 0.3) is 0 Å². The fourth-order valence-electron chi connectivity index (χ4n) is 2.71. The maximum atomic E-state index is 11.5. The molecule has 1 aliphatic rings. The molecule has 1 saturated heterocycles. The summed E-state index contributed by atoms with van der Waals surface area (Å²) in [5.74, 6) is -1.65. The van der Waals surface area contributed by atoms with E-state index in [1.165, 1.54) is 20.8 Å². The Bertz CT molecular complexity index is 517. The van der Waals surface area contributed by atoms with Crippen LogP contribution >= 0.6 is 0 Å². The maximum Gasteiger partial charge on any atom is 0.303 e. The van der Waals surface area contributed by atoms with Gasteiger partial charge in [-0.1, -0.05) is 0 Å². The van der Waals surface area contributed by atoms with Gasteiger partial charge in [-0.05, 0) is 0 Å². The minimum atomic E-state index is -0.993. The topological polar surface area (TPSA) is 159 Å². The van der Waals surface area contributed by atoms with Gasteiger partial charge in [0, 0.05) is 33.7 Å². The predicted molar refractivity (Wildman–Crippen MR) is 94.8 cm³/mol. The van der Waals surface area contributed by atoms with Crippen LogP contribution in [-0.2, 0) is 42.8 Å². The zero-order chi connectivity index (χ0) is 21.1. The lowest BCUT2D eigenvalue weighted by molar-refractivity contribution is -0.271. The molecular formula is C17H30N2O9. The lowest BCUT2D eigenvalue weighted by Gasteiger charge is -2.43. The molecule has 0 aromatic carbocycles. The summed E-state index contributed by atoms with van der Waals surface area (Å²) in [4.78, 5) is 34.1. The predicted octanol–water partition coefficient (Wildman–Crippen LogP) is -1.15. The van der Waals surface area contributed by atoms with Crippen molar-refractivity contribution in [2.24, 2.45) is 11.5 Å². The number of ether oxygens (including phenoxy) is 6. The lowest BCUT2D eigenvalue weighted by atomic mass is 9.95. The Hall–Kier alpha value is -1.79. The first-order chi connectivity index (χ1) is 13.3. The zero-order valence-corrected chi connectivity index (χ0v) is 16.5. The van der Waals surface area contributed by atoms with Crippen LogP contribution in [0.2, 0.25) is 0 Å². The fraction of sp³-hybridized carbons (Fsp3) is 0.824. The molecule has 1 unspecified atom stereocenters. The summed E-state index contributed by atoms with van der Waals surface area (Å²) in [6, 6.07) is -0.910. The molecule has 0 bridgehead atoms. The smallest absolute Gasteiger partial charge is 0.303 e. The molecule has 0 aromatic rings. The van der Waals surface area contributed by atoms with Crippen molar-refractivity contribution < 1.29 is 42.8 Å². The van der Waals surface area contributed by atoms with Crippen LogP contribution in [0.1, 0.15) is 27.2 Å². The normalized spacial score (nSPS) is 27.1. The Labute approximate surface area is 163 Å². The second kappa shape index (κ2) is 12.6. The van der Waals surface area contributed by atoms with E-state index in [0.717, 1.165) is 0 Å². The van der Waals surface area contributed by atoms with Crippen molar-refractivity contribution >= 4 is 17.9 Å². The molecule has 0 aromatic heterocycles. The van der Waals surface area contributed by atoms with E-state index >= 15 is 0 Å². The third-order valence-electron chi connectivity index (χ3n) is 3.78. The summed E-state index contributed by atoms with van der Waals surface area (Å²) in [6.45, 7) is 4.94. The number of esters is 3. The van der Waals surface area contributed by atoms with E-state index in [1.807, 2.05) is 0 Å². The van der Waals surface area contributed by atoms with Crippen molar-refractivity contribution in [1.29, 1.82) is 0 Å². The second-order valence-electron chi connectivity index (χ2n) is 6.17. The standard InChI is InChI=1S/C17H30N2O9/c1-10(20)24-6-4-13-15(26-11(2)21)16(27-12(3)22)14(19)17(28-13)25-9-8-23-7-5-18/h13-17H,4-9,18-19H2,1-3H3/t13-,14-,15+,16-,17?/m1/s1. The summed E-state index contributed by atoms with van der Waals surface area (Å²) in [6.07, 6.45) is -3.49. The largest absolute Gasteiger partial charge is 0.466 e. The molecule has 1 rings (SSSR count). The van der Waals surface area contributed by atoms with E-state index in [1.54, 1.807) is 0 Å². The van der Waals surface area contributed by atoms with Crippen LogP contribution in [0.4, 0.5) is 0 Å². The van der Waals surface area contributed by atoms with E-state index in [-0.39, 0.29) is 26.2 Å². The monoisotopic (exact) mass is 406 g/mol. The van der Waals surface area contributed by atoms with Gasteiger partial charge in [-0.25, -0.2) is 0 Å². The van der Waals surface area contributed by atoms with Gasteiger partial charge < -0.3 is 39.9 Å². The number of hydrogen-bond acceptors (Lipinski definition) is 11. The highest BCUT2D eigenvalue weighted by molar-refractivity contribution is 5.67. The molecule has 1 fully saturated rings. The van der Waals surface area contributed by atoms with E-state index in [9.17, 15) is 14.4 Å². The lowest BCUT2D eigenvalue weighted by Crippen LogP contribution is -2.64. The Morgan fingerprint density at radius 2 is 1.54 bits per heavy atom. The van der Waals surface area contributed by atoms with Crippen molar-refractivity contribution in [3.05, 3.63) is 0 Å². The van der Waals surface area contributed by atoms with Gasteiger partial charge in [0.1, 0.15) is 6.10 Å². The third kappa shape index (κ3) is 8.48. The van der Waals surface area contributed by atoms with Gasteiger partial charge in [0.25, 0.3) is 0 Å². The Kier molecular flexibility index (Phi) is 10.9. The molecule has 0 amide bonds. The Morgan fingerprint density at radius 3 is 2.11 bits per heavy atom. The highest BCUT2D eigenvalue weighted by Crippen LogP contribution is 2.28. The van der Waals surface area contributed by atoms with Crippen LogP contribution in [0.3, 0.4) is 0 Å².